The van der Waals surface area contributed by atoms with E-state index in [-0.39, 0.29) is 10.7 Å². The molecule has 2 aromatic rings. The summed E-state index contributed by atoms with van der Waals surface area (Å²) in [6.07, 6.45) is 2.58. The van der Waals surface area contributed by atoms with Crippen LogP contribution in [0.1, 0.15) is 16.1 Å². The summed E-state index contributed by atoms with van der Waals surface area (Å²) in [4.78, 5) is 12.6. The lowest BCUT2D eigenvalue weighted by Gasteiger charge is -2.05. The van der Waals surface area contributed by atoms with Gasteiger partial charge in [0.15, 0.2) is 21.3 Å². The van der Waals surface area contributed by atoms with Crippen molar-refractivity contribution in [3.05, 3.63) is 41.7 Å². The Kier molecular flexibility index (Phi) is 3.63. The molecule has 0 N–H and O–H groups in total. The molecule has 1 aromatic carbocycles. The van der Waals surface area contributed by atoms with Crippen molar-refractivity contribution in [3.63, 3.8) is 0 Å². The molecule has 0 radical (unpaired) electrons. The molecular weight excluding hydrogens is 280 g/mol. The topological polar surface area (TPSA) is 78.3 Å². The van der Waals surface area contributed by atoms with Gasteiger partial charge in [-0.3, -0.25) is 9.48 Å². The molecule has 0 aliphatic rings. The van der Waals surface area contributed by atoms with Crippen molar-refractivity contribution in [1.29, 1.82) is 0 Å². The summed E-state index contributed by atoms with van der Waals surface area (Å²) in [5.74, 6) is 0.103. The number of ether oxygens (including phenoxy) is 1. The number of hydrogen-bond donors (Lipinski definition) is 0. The van der Waals surface area contributed by atoms with Crippen LogP contribution in [0.25, 0.3) is 0 Å². The summed E-state index contributed by atoms with van der Waals surface area (Å²) in [7, 11) is -0.175. The van der Waals surface area contributed by atoms with Crippen LogP contribution in [0, 0.1) is 0 Å². The number of aromatic nitrogens is 2. The normalized spacial score (nSPS) is 11.3. The number of carbonyl (C=O) groups excluding carboxylic acids is 1. The molecule has 0 aliphatic carbocycles. The third kappa shape index (κ3) is 2.57. The lowest BCUT2D eigenvalue weighted by molar-refractivity contribution is 0.102. The van der Waals surface area contributed by atoms with Crippen molar-refractivity contribution in [1.82, 2.24) is 9.78 Å². The lowest BCUT2D eigenvalue weighted by atomic mass is 10.1. The number of benzene rings is 1. The Bertz CT molecular complexity index is 745. The van der Waals surface area contributed by atoms with Gasteiger partial charge < -0.3 is 4.74 Å². The second-order valence-electron chi connectivity index (χ2n) is 4.31. The van der Waals surface area contributed by atoms with Crippen LogP contribution in [0.4, 0.5) is 0 Å². The molecule has 6 nitrogen and oxygen atoms in total. The van der Waals surface area contributed by atoms with Crippen LogP contribution < -0.4 is 4.74 Å². The van der Waals surface area contributed by atoms with Gasteiger partial charge in [-0.15, -0.1) is 0 Å². The van der Waals surface area contributed by atoms with Gasteiger partial charge >= 0.3 is 0 Å². The van der Waals surface area contributed by atoms with Gasteiger partial charge in [0, 0.05) is 18.9 Å². The van der Waals surface area contributed by atoms with E-state index in [1.54, 1.807) is 7.05 Å². The van der Waals surface area contributed by atoms with E-state index in [1.807, 2.05) is 0 Å². The van der Waals surface area contributed by atoms with E-state index in [4.69, 9.17) is 4.74 Å². The number of methoxy groups -OCH3 is 1. The fraction of sp³-hybridized carbons (Fsp3) is 0.231. The monoisotopic (exact) mass is 294 g/mol. The van der Waals surface area contributed by atoms with Crippen molar-refractivity contribution in [3.8, 4) is 5.75 Å². The van der Waals surface area contributed by atoms with Gasteiger partial charge in [0.05, 0.1) is 18.2 Å². The average Bonchev–Trinajstić information content (AvgIpc) is 2.78. The third-order valence-corrected chi connectivity index (χ3v) is 4.01. The number of hydrogen-bond acceptors (Lipinski definition) is 5. The highest BCUT2D eigenvalue weighted by Gasteiger charge is 2.19. The van der Waals surface area contributed by atoms with Gasteiger partial charge in [-0.2, -0.15) is 5.10 Å². The Morgan fingerprint density at radius 3 is 2.35 bits per heavy atom. The number of aryl methyl sites for hydroxylation is 1. The molecule has 0 spiro atoms. The van der Waals surface area contributed by atoms with Gasteiger partial charge in [-0.1, -0.05) is 0 Å². The van der Waals surface area contributed by atoms with E-state index < -0.39 is 9.84 Å². The zero-order valence-corrected chi connectivity index (χ0v) is 12.1. The molecule has 20 heavy (non-hydrogen) atoms. The predicted molar refractivity (Wildman–Crippen MR) is 72.7 cm³/mol. The van der Waals surface area contributed by atoms with Crippen molar-refractivity contribution in [2.45, 2.75) is 4.90 Å². The molecule has 0 saturated carbocycles. The standard InChI is InChI=1S/C13H14N2O4S/c1-15-12(11(19-2)8-14-15)13(16)9-4-6-10(7-5-9)20(3,17)18/h4-8H,1-3H3. The molecular formula is C13H14N2O4S. The predicted octanol–water partition coefficient (Wildman–Crippen LogP) is 1.06. The maximum absolute atomic E-state index is 12.4. The van der Waals surface area contributed by atoms with Crippen molar-refractivity contribution in [2.75, 3.05) is 13.4 Å². The van der Waals surface area contributed by atoms with E-state index in [2.05, 4.69) is 5.10 Å². The van der Waals surface area contributed by atoms with E-state index >= 15 is 0 Å². The van der Waals surface area contributed by atoms with Crippen LogP contribution in [0.2, 0.25) is 0 Å². The molecule has 0 amide bonds. The highest BCUT2D eigenvalue weighted by molar-refractivity contribution is 7.90. The SMILES string of the molecule is COc1cnn(C)c1C(=O)c1ccc(S(C)(=O)=O)cc1. The molecule has 106 valence electrons. The average molecular weight is 294 g/mol. The summed E-state index contributed by atoms with van der Waals surface area (Å²) < 4.78 is 29.3. The first kappa shape index (κ1) is 14.3. The summed E-state index contributed by atoms with van der Waals surface area (Å²) in [5.41, 5.74) is 0.693. The Morgan fingerprint density at radius 1 is 1.25 bits per heavy atom. The zero-order valence-electron chi connectivity index (χ0n) is 11.3. The molecule has 1 aromatic heterocycles. The van der Waals surface area contributed by atoms with E-state index in [0.717, 1.165) is 6.26 Å². The van der Waals surface area contributed by atoms with Crippen LogP contribution in [0.15, 0.2) is 35.4 Å². The van der Waals surface area contributed by atoms with Crippen LogP contribution in [-0.2, 0) is 16.9 Å². The molecule has 0 unspecified atom stereocenters. The molecule has 0 saturated heterocycles. The van der Waals surface area contributed by atoms with Gasteiger partial charge in [0.25, 0.3) is 0 Å². The van der Waals surface area contributed by atoms with Crippen LogP contribution in [0.3, 0.4) is 0 Å². The molecule has 2 rings (SSSR count). The van der Waals surface area contributed by atoms with Gasteiger partial charge in [-0.25, -0.2) is 8.42 Å². The molecule has 7 heteroatoms. The van der Waals surface area contributed by atoms with Crippen LogP contribution in [-0.4, -0.2) is 37.3 Å². The molecule has 0 aliphatic heterocycles. The first-order chi connectivity index (χ1) is 9.34. The highest BCUT2D eigenvalue weighted by Crippen LogP contribution is 2.21. The van der Waals surface area contributed by atoms with Crippen molar-refractivity contribution in [2.24, 2.45) is 7.05 Å². The fourth-order valence-corrected chi connectivity index (χ4v) is 2.45. The zero-order chi connectivity index (χ0) is 14.9. The van der Waals surface area contributed by atoms with E-state index in [1.165, 1.54) is 42.3 Å². The number of nitrogens with zero attached hydrogens (tertiary/aromatic N) is 2. The molecule has 0 bridgehead atoms. The molecule has 0 fully saturated rings. The lowest BCUT2D eigenvalue weighted by Crippen LogP contribution is -2.10. The van der Waals surface area contributed by atoms with Crippen LogP contribution in [0.5, 0.6) is 5.75 Å². The van der Waals surface area contributed by atoms with Gasteiger partial charge in [0.2, 0.25) is 5.78 Å². The number of ketones is 1. The van der Waals surface area contributed by atoms with E-state index in [9.17, 15) is 13.2 Å². The minimum absolute atomic E-state index is 0.172. The number of rotatable bonds is 4. The summed E-state index contributed by atoms with van der Waals surface area (Å²) in [5, 5.41) is 3.97. The van der Waals surface area contributed by atoms with Gasteiger partial charge in [-0.05, 0) is 24.3 Å². The fourth-order valence-electron chi connectivity index (χ4n) is 1.82. The maximum atomic E-state index is 12.4. The Labute approximate surface area is 116 Å². The summed E-state index contributed by atoms with van der Waals surface area (Å²) >= 11 is 0. The minimum atomic E-state index is -3.27. The first-order valence-electron chi connectivity index (χ1n) is 5.75. The largest absolute Gasteiger partial charge is 0.493 e. The Morgan fingerprint density at radius 2 is 1.85 bits per heavy atom. The molecule has 0 atom stereocenters. The van der Waals surface area contributed by atoms with Gasteiger partial charge in [0.1, 0.15) is 0 Å². The van der Waals surface area contributed by atoms with Crippen molar-refractivity contribution < 1.29 is 17.9 Å². The Hall–Kier alpha value is -2.15. The van der Waals surface area contributed by atoms with Crippen molar-refractivity contribution >= 4 is 15.6 Å². The van der Waals surface area contributed by atoms with Crippen LogP contribution >= 0.6 is 0 Å². The summed E-state index contributed by atoms with van der Waals surface area (Å²) in [6, 6.07) is 5.77. The third-order valence-electron chi connectivity index (χ3n) is 2.88. The second-order valence-corrected chi connectivity index (χ2v) is 6.33. The smallest absolute Gasteiger partial charge is 0.214 e. The second kappa shape index (κ2) is 5.09. The first-order valence-corrected chi connectivity index (χ1v) is 7.64. The Balaban J connectivity index is 2.42. The minimum Gasteiger partial charge on any atom is -0.493 e. The number of carbonyl (C=O) groups is 1. The molecule has 1 heterocycles. The van der Waals surface area contributed by atoms with E-state index in [0.29, 0.717) is 17.0 Å². The number of sulfone groups is 1. The maximum Gasteiger partial charge on any atom is 0.214 e. The summed E-state index contributed by atoms with van der Waals surface area (Å²) in [6.45, 7) is 0. The highest BCUT2D eigenvalue weighted by atomic mass is 32.2. The quantitative estimate of drug-likeness (QED) is 0.788.